The van der Waals surface area contributed by atoms with E-state index in [1.54, 1.807) is 21.8 Å². The fourth-order valence-electron chi connectivity index (χ4n) is 3.60. The lowest BCUT2D eigenvalue weighted by Crippen LogP contribution is -2.28. The van der Waals surface area contributed by atoms with Crippen LogP contribution >= 0.6 is 11.6 Å². The number of rotatable bonds is 7. The molecule has 1 aromatic heterocycles. The van der Waals surface area contributed by atoms with E-state index in [1.165, 1.54) is 0 Å². The zero-order valence-corrected chi connectivity index (χ0v) is 17.9. The van der Waals surface area contributed by atoms with Crippen LogP contribution in [0.3, 0.4) is 0 Å². The van der Waals surface area contributed by atoms with Crippen molar-refractivity contribution in [2.24, 2.45) is 5.92 Å². The minimum atomic E-state index is -0.442. The van der Waals surface area contributed by atoms with E-state index >= 15 is 0 Å². The number of amides is 2. The van der Waals surface area contributed by atoms with Crippen LogP contribution in [0.4, 0.5) is 11.5 Å². The Balaban J connectivity index is 1.41. The van der Waals surface area contributed by atoms with Crippen molar-refractivity contribution >= 4 is 34.9 Å². The number of anilines is 2. The third-order valence-corrected chi connectivity index (χ3v) is 5.57. The van der Waals surface area contributed by atoms with E-state index in [0.29, 0.717) is 30.5 Å². The fraction of sp³-hybridized carbons (Fsp3) is 0.261. The second-order valence-corrected chi connectivity index (χ2v) is 7.69. The molecule has 0 saturated carbocycles. The first-order chi connectivity index (χ1) is 15.0. The van der Waals surface area contributed by atoms with E-state index in [4.69, 9.17) is 16.3 Å². The summed E-state index contributed by atoms with van der Waals surface area (Å²) in [6.45, 7) is 3.26. The molecule has 1 aliphatic rings. The van der Waals surface area contributed by atoms with E-state index < -0.39 is 5.92 Å². The van der Waals surface area contributed by atoms with Crippen LogP contribution in [-0.2, 0) is 16.1 Å². The third-order valence-electron chi connectivity index (χ3n) is 5.20. The Hall–Kier alpha value is -3.32. The van der Waals surface area contributed by atoms with Crippen molar-refractivity contribution in [1.29, 1.82) is 0 Å². The molecule has 0 spiro atoms. The van der Waals surface area contributed by atoms with Gasteiger partial charge in [-0.3, -0.25) is 9.59 Å². The maximum atomic E-state index is 12.9. The Morgan fingerprint density at radius 3 is 2.71 bits per heavy atom. The van der Waals surface area contributed by atoms with Crippen molar-refractivity contribution in [2.75, 3.05) is 23.4 Å². The van der Waals surface area contributed by atoms with Gasteiger partial charge in [-0.1, -0.05) is 29.8 Å². The summed E-state index contributed by atoms with van der Waals surface area (Å²) in [7, 11) is 0. The molecule has 0 bridgehead atoms. The highest BCUT2D eigenvalue weighted by Gasteiger charge is 2.35. The predicted octanol–water partition coefficient (Wildman–Crippen LogP) is 3.98. The molecule has 1 fully saturated rings. The largest absolute Gasteiger partial charge is 0.494 e. The maximum absolute atomic E-state index is 12.9. The summed E-state index contributed by atoms with van der Waals surface area (Å²) >= 11 is 6.24. The lowest BCUT2D eigenvalue weighted by atomic mass is 10.1. The molecule has 1 saturated heterocycles. The molecule has 160 valence electrons. The van der Waals surface area contributed by atoms with Crippen LogP contribution in [0.2, 0.25) is 5.02 Å². The monoisotopic (exact) mass is 438 g/mol. The van der Waals surface area contributed by atoms with Gasteiger partial charge >= 0.3 is 0 Å². The molecule has 7 nitrogen and oxygen atoms in total. The first-order valence-corrected chi connectivity index (χ1v) is 10.5. The molecule has 1 atom stereocenters. The minimum absolute atomic E-state index is 0.0751. The Bertz CT molecular complexity index is 1080. The zero-order valence-electron chi connectivity index (χ0n) is 17.1. The van der Waals surface area contributed by atoms with Crippen molar-refractivity contribution in [3.05, 3.63) is 71.4 Å². The standard InChI is InChI=1S/C23H23ClN4O3/c1-2-31-19-9-7-18(8-10-19)27-14-17(13-22(27)29)23(30)26-21-11-12-25-28(21)15-16-5-3-4-6-20(16)24/h3-12,17H,2,13-15H2,1H3,(H,26,30). The van der Waals surface area contributed by atoms with Crippen LogP contribution in [0.5, 0.6) is 5.75 Å². The van der Waals surface area contributed by atoms with E-state index in [1.807, 2.05) is 55.5 Å². The highest BCUT2D eigenvalue weighted by atomic mass is 35.5. The number of aromatic nitrogens is 2. The molecule has 1 aliphatic heterocycles. The number of halogens is 1. The number of benzene rings is 2. The molecule has 8 heteroatoms. The number of carbonyl (C=O) groups excluding carboxylic acids is 2. The fourth-order valence-corrected chi connectivity index (χ4v) is 3.80. The summed E-state index contributed by atoms with van der Waals surface area (Å²) in [6.07, 6.45) is 1.79. The Morgan fingerprint density at radius 2 is 1.97 bits per heavy atom. The third kappa shape index (κ3) is 4.72. The van der Waals surface area contributed by atoms with Crippen LogP contribution in [0.1, 0.15) is 18.9 Å². The molecule has 3 aromatic rings. The summed E-state index contributed by atoms with van der Waals surface area (Å²) in [5.41, 5.74) is 1.66. The summed E-state index contributed by atoms with van der Waals surface area (Å²) in [4.78, 5) is 27.0. The lowest BCUT2D eigenvalue weighted by Gasteiger charge is -2.17. The average molecular weight is 439 g/mol. The number of hydrogen-bond acceptors (Lipinski definition) is 4. The van der Waals surface area contributed by atoms with Crippen molar-refractivity contribution < 1.29 is 14.3 Å². The van der Waals surface area contributed by atoms with Crippen molar-refractivity contribution in [3.63, 3.8) is 0 Å². The van der Waals surface area contributed by atoms with Crippen LogP contribution in [0, 0.1) is 5.92 Å². The van der Waals surface area contributed by atoms with Crippen molar-refractivity contribution in [1.82, 2.24) is 9.78 Å². The van der Waals surface area contributed by atoms with Crippen molar-refractivity contribution in [2.45, 2.75) is 19.9 Å². The predicted molar refractivity (Wildman–Crippen MR) is 119 cm³/mol. The number of nitrogens with one attached hydrogen (secondary N) is 1. The SMILES string of the molecule is CCOc1ccc(N2CC(C(=O)Nc3ccnn3Cc3ccccc3Cl)CC2=O)cc1. The van der Waals surface area contributed by atoms with Gasteiger partial charge in [-0.15, -0.1) is 0 Å². The molecule has 1 N–H and O–H groups in total. The van der Waals surface area contributed by atoms with Gasteiger partial charge in [-0.25, -0.2) is 4.68 Å². The quantitative estimate of drug-likeness (QED) is 0.605. The molecule has 2 heterocycles. The molecule has 4 rings (SSSR count). The summed E-state index contributed by atoms with van der Waals surface area (Å²) in [5.74, 6) is 0.593. The van der Waals surface area contributed by atoms with Gasteiger partial charge in [0, 0.05) is 29.7 Å². The van der Waals surface area contributed by atoms with Gasteiger partial charge in [-0.05, 0) is 42.8 Å². The molecule has 1 unspecified atom stereocenters. The van der Waals surface area contributed by atoms with Crippen LogP contribution in [0.15, 0.2) is 60.8 Å². The van der Waals surface area contributed by atoms with Gasteiger partial charge in [0.2, 0.25) is 11.8 Å². The highest BCUT2D eigenvalue weighted by molar-refractivity contribution is 6.31. The molecule has 2 amide bonds. The first-order valence-electron chi connectivity index (χ1n) is 10.1. The second kappa shape index (κ2) is 9.22. The zero-order chi connectivity index (χ0) is 21.8. The lowest BCUT2D eigenvalue weighted by molar-refractivity contribution is -0.122. The van der Waals surface area contributed by atoms with Gasteiger partial charge < -0.3 is 15.0 Å². The molecule has 31 heavy (non-hydrogen) atoms. The van der Waals surface area contributed by atoms with E-state index in [-0.39, 0.29) is 18.2 Å². The highest BCUT2D eigenvalue weighted by Crippen LogP contribution is 2.28. The second-order valence-electron chi connectivity index (χ2n) is 7.29. The molecule has 2 aromatic carbocycles. The Labute approximate surface area is 185 Å². The van der Waals surface area contributed by atoms with E-state index in [9.17, 15) is 9.59 Å². The first kappa shape index (κ1) is 20.9. The summed E-state index contributed by atoms with van der Waals surface area (Å²) in [5, 5.41) is 7.84. The Kier molecular flexibility index (Phi) is 6.23. The minimum Gasteiger partial charge on any atom is -0.494 e. The normalized spacial score (nSPS) is 15.9. The topological polar surface area (TPSA) is 76.5 Å². The molecule has 0 radical (unpaired) electrons. The number of hydrogen-bond donors (Lipinski definition) is 1. The van der Waals surface area contributed by atoms with E-state index in [0.717, 1.165) is 17.0 Å². The van der Waals surface area contributed by atoms with Gasteiger partial charge in [0.15, 0.2) is 0 Å². The number of nitrogens with zero attached hydrogens (tertiary/aromatic N) is 3. The number of ether oxygens (including phenoxy) is 1. The molecule has 0 aliphatic carbocycles. The van der Waals surface area contributed by atoms with Crippen LogP contribution in [0.25, 0.3) is 0 Å². The van der Waals surface area contributed by atoms with Crippen LogP contribution < -0.4 is 15.0 Å². The van der Waals surface area contributed by atoms with Crippen LogP contribution in [-0.4, -0.2) is 34.7 Å². The van der Waals surface area contributed by atoms with Crippen molar-refractivity contribution in [3.8, 4) is 5.75 Å². The van der Waals surface area contributed by atoms with Gasteiger partial charge in [-0.2, -0.15) is 5.10 Å². The van der Waals surface area contributed by atoms with E-state index in [2.05, 4.69) is 10.4 Å². The average Bonchev–Trinajstić information content (AvgIpc) is 3.37. The van der Waals surface area contributed by atoms with Gasteiger partial charge in [0.25, 0.3) is 0 Å². The molecular weight excluding hydrogens is 416 g/mol. The smallest absolute Gasteiger partial charge is 0.230 e. The summed E-state index contributed by atoms with van der Waals surface area (Å²) in [6, 6.07) is 16.6. The van der Waals surface area contributed by atoms with Gasteiger partial charge in [0.1, 0.15) is 11.6 Å². The number of carbonyl (C=O) groups is 2. The molecular formula is C23H23ClN4O3. The maximum Gasteiger partial charge on any atom is 0.230 e. The van der Waals surface area contributed by atoms with Gasteiger partial charge in [0.05, 0.1) is 25.3 Å². The Morgan fingerprint density at radius 1 is 1.19 bits per heavy atom. The summed E-state index contributed by atoms with van der Waals surface area (Å²) < 4.78 is 7.13.